The molecule has 0 spiro atoms. The summed E-state index contributed by atoms with van der Waals surface area (Å²) in [6.45, 7) is 7.19. The molecule has 1 aliphatic rings. The molecule has 0 aromatic heterocycles. The van der Waals surface area contributed by atoms with Crippen LogP contribution in [0.15, 0.2) is 49.1 Å². The van der Waals surface area contributed by atoms with Gasteiger partial charge in [-0.2, -0.15) is 0 Å². The molecule has 4 heteroatoms. The van der Waals surface area contributed by atoms with E-state index in [0.717, 1.165) is 6.08 Å². The lowest BCUT2D eigenvalue weighted by atomic mass is 9.82. The number of aliphatic carboxylic acids is 1. The summed E-state index contributed by atoms with van der Waals surface area (Å²) in [5.74, 6) is -1.60. The Hall–Kier alpha value is -2.10. The van der Waals surface area contributed by atoms with Crippen LogP contribution in [0.5, 0.6) is 0 Å². The Morgan fingerprint density at radius 2 is 2.19 bits per heavy atom. The van der Waals surface area contributed by atoms with Crippen molar-refractivity contribution < 1.29 is 19.4 Å². The molecule has 0 radical (unpaired) electrons. The van der Waals surface area contributed by atoms with E-state index in [1.165, 1.54) is 12.2 Å². The molecule has 1 N–H and O–H groups in total. The van der Waals surface area contributed by atoms with Gasteiger partial charge in [-0.15, -0.1) is 0 Å². The lowest BCUT2D eigenvalue weighted by Gasteiger charge is -2.17. The van der Waals surface area contributed by atoms with Gasteiger partial charge in [0.25, 0.3) is 0 Å². The van der Waals surface area contributed by atoms with Crippen molar-refractivity contribution in [3.63, 3.8) is 0 Å². The van der Waals surface area contributed by atoms with Crippen molar-refractivity contribution in [2.75, 3.05) is 6.61 Å². The van der Waals surface area contributed by atoms with Crippen LogP contribution in [0.2, 0.25) is 0 Å². The Balaban J connectivity index is 3.08. The lowest BCUT2D eigenvalue weighted by molar-refractivity contribution is -0.135. The number of ether oxygens (including phenoxy) is 1. The van der Waals surface area contributed by atoms with Crippen LogP contribution in [0.1, 0.15) is 0 Å². The fraction of sp³-hybridized carbons (Fsp3) is 0.167. The first kappa shape index (κ1) is 12.0. The van der Waals surface area contributed by atoms with Crippen LogP contribution in [0.25, 0.3) is 0 Å². The van der Waals surface area contributed by atoms with Crippen LogP contribution in [0.4, 0.5) is 0 Å². The molecule has 0 amide bonds. The average molecular weight is 220 g/mol. The Labute approximate surface area is 93.2 Å². The second-order valence-electron chi connectivity index (χ2n) is 3.36. The van der Waals surface area contributed by atoms with Gasteiger partial charge in [0, 0.05) is 11.6 Å². The second-order valence-corrected chi connectivity index (χ2v) is 3.36. The van der Waals surface area contributed by atoms with Crippen molar-refractivity contribution in [3.8, 4) is 0 Å². The van der Waals surface area contributed by atoms with Gasteiger partial charge < -0.3 is 9.84 Å². The number of carboxylic acid groups (broad SMARTS) is 1. The number of carboxylic acids is 1. The molecule has 1 aliphatic heterocycles. The molecule has 1 atom stereocenters. The first-order chi connectivity index (χ1) is 7.52. The van der Waals surface area contributed by atoms with Gasteiger partial charge in [-0.1, -0.05) is 37.5 Å². The van der Waals surface area contributed by atoms with Gasteiger partial charge in [0.1, 0.15) is 6.61 Å². The minimum atomic E-state index is -1.08. The van der Waals surface area contributed by atoms with Gasteiger partial charge in [-0.3, -0.25) is 0 Å². The average Bonchev–Trinajstić information content (AvgIpc) is 2.53. The topological polar surface area (TPSA) is 63.6 Å². The number of esters is 1. The molecule has 0 saturated carbocycles. The van der Waals surface area contributed by atoms with Crippen LogP contribution >= 0.6 is 0 Å². The Bertz CT molecular complexity index is 403. The van der Waals surface area contributed by atoms with E-state index in [2.05, 4.69) is 13.2 Å². The summed E-state index contributed by atoms with van der Waals surface area (Å²) in [6.07, 6.45) is 7.17. The molecule has 0 aromatic carbocycles. The van der Waals surface area contributed by atoms with Crippen molar-refractivity contribution >= 4 is 11.9 Å². The fourth-order valence-electron chi connectivity index (χ4n) is 1.36. The number of cyclic esters (lactones) is 1. The quantitative estimate of drug-likeness (QED) is 0.442. The zero-order valence-corrected chi connectivity index (χ0v) is 8.68. The SMILES string of the molecule is C=CC=CC1(C=CC(=O)O)COC(=O)C1=C. The second kappa shape index (κ2) is 4.61. The third-order valence-corrected chi connectivity index (χ3v) is 2.30. The summed E-state index contributed by atoms with van der Waals surface area (Å²) in [5.41, 5.74) is -0.646. The molecule has 16 heavy (non-hydrogen) atoms. The summed E-state index contributed by atoms with van der Waals surface area (Å²) in [5, 5.41) is 8.58. The normalized spacial score (nSPS) is 25.2. The highest BCUT2D eigenvalue weighted by Gasteiger charge is 2.40. The van der Waals surface area contributed by atoms with E-state index in [1.54, 1.807) is 12.2 Å². The van der Waals surface area contributed by atoms with Crippen molar-refractivity contribution in [1.82, 2.24) is 0 Å². The molecule has 1 saturated heterocycles. The Morgan fingerprint density at radius 3 is 2.62 bits per heavy atom. The third kappa shape index (κ3) is 2.28. The lowest BCUT2D eigenvalue weighted by Crippen LogP contribution is -2.17. The maximum Gasteiger partial charge on any atom is 0.334 e. The van der Waals surface area contributed by atoms with Gasteiger partial charge in [0.05, 0.1) is 5.41 Å². The standard InChI is InChI=1S/C12H12O4/c1-3-4-6-12(7-5-10(13)14)8-16-11(15)9(12)2/h3-7H,1-2,8H2,(H,13,14). The van der Waals surface area contributed by atoms with E-state index < -0.39 is 17.4 Å². The minimum absolute atomic E-state index is 0.0682. The number of allylic oxidation sites excluding steroid dienone is 2. The van der Waals surface area contributed by atoms with Crippen LogP contribution in [-0.2, 0) is 14.3 Å². The monoisotopic (exact) mass is 220 g/mol. The number of carbonyl (C=O) groups excluding carboxylic acids is 1. The van der Waals surface area contributed by atoms with Crippen molar-refractivity contribution in [2.24, 2.45) is 5.41 Å². The van der Waals surface area contributed by atoms with E-state index in [9.17, 15) is 9.59 Å². The molecule has 4 nitrogen and oxygen atoms in total. The molecule has 1 fully saturated rings. The molecular formula is C12H12O4. The van der Waals surface area contributed by atoms with Crippen molar-refractivity contribution in [2.45, 2.75) is 0 Å². The van der Waals surface area contributed by atoms with E-state index >= 15 is 0 Å². The van der Waals surface area contributed by atoms with Crippen LogP contribution in [0, 0.1) is 5.41 Å². The molecular weight excluding hydrogens is 208 g/mol. The van der Waals surface area contributed by atoms with Gasteiger partial charge in [-0.25, -0.2) is 9.59 Å². The number of hydrogen-bond donors (Lipinski definition) is 1. The maximum atomic E-state index is 11.2. The fourth-order valence-corrected chi connectivity index (χ4v) is 1.36. The maximum absolute atomic E-state index is 11.2. The van der Waals surface area contributed by atoms with Crippen molar-refractivity contribution in [1.29, 1.82) is 0 Å². The first-order valence-electron chi connectivity index (χ1n) is 4.61. The Kier molecular flexibility index (Phi) is 3.45. The van der Waals surface area contributed by atoms with E-state index in [1.807, 2.05) is 0 Å². The molecule has 0 aliphatic carbocycles. The Morgan fingerprint density at radius 1 is 1.50 bits per heavy atom. The molecule has 1 rings (SSSR count). The predicted octanol–water partition coefficient (Wildman–Crippen LogP) is 1.47. The van der Waals surface area contributed by atoms with Gasteiger partial charge in [0.2, 0.25) is 0 Å². The number of rotatable bonds is 4. The highest BCUT2D eigenvalue weighted by atomic mass is 16.5. The predicted molar refractivity (Wildman–Crippen MR) is 58.6 cm³/mol. The van der Waals surface area contributed by atoms with E-state index in [0.29, 0.717) is 0 Å². The van der Waals surface area contributed by atoms with Gasteiger partial charge in [-0.05, 0) is 0 Å². The molecule has 1 unspecified atom stereocenters. The summed E-state index contributed by atoms with van der Waals surface area (Å²) >= 11 is 0. The van der Waals surface area contributed by atoms with Crippen LogP contribution < -0.4 is 0 Å². The summed E-state index contributed by atoms with van der Waals surface area (Å²) < 4.78 is 4.84. The van der Waals surface area contributed by atoms with E-state index in [4.69, 9.17) is 9.84 Å². The minimum Gasteiger partial charge on any atom is -0.478 e. The smallest absolute Gasteiger partial charge is 0.334 e. The first-order valence-corrected chi connectivity index (χ1v) is 4.61. The van der Waals surface area contributed by atoms with Gasteiger partial charge in [0.15, 0.2) is 0 Å². The summed E-state index contributed by atoms with van der Waals surface area (Å²) in [4.78, 5) is 21.7. The zero-order chi connectivity index (χ0) is 12.2. The van der Waals surface area contributed by atoms with E-state index in [-0.39, 0.29) is 12.2 Å². The molecule has 0 bridgehead atoms. The third-order valence-electron chi connectivity index (χ3n) is 2.30. The number of carbonyl (C=O) groups is 2. The van der Waals surface area contributed by atoms with Crippen LogP contribution in [-0.4, -0.2) is 23.7 Å². The van der Waals surface area contributed by atoms with Crippen LogP contribution in [0.3, 0.4) is 0 Å². The van der Waals surface area contributed by atoms with Crippen molar-refractivity contribution in [3.05, 3.63) is 49.1 Å². The molecule has 1 heterocycles. The largest absolute Gasteiger partial charge is 0.478 e. The molecule has 0 aromatic rings. The summed E-state index contributed by atoms with van der Waals surface area (Å²) in [7, 11) is 0. The molecule has 84 valence electrons. The highest BCUT2D eigenvalue weighted by molar-refractivity contribution is 5.93. The zero-order valence-electron chi connectivity index (χ0n) is 8.68. The highest BCUT2D eigenvalue weighted by Crippen LogP contribution is 2.36. The summed E-state index contributed by atoms with van der Waals surface area (Å²) in [6, 6.07) is 0. The number of hydrogen-bond acceptors (Lipinski definition) is 3. The van der Waals surface area contributed by atoms with Gasteiger partial charge >= 0.3 is 11.9 Å².